The first-order valence-electron chi connectivity index (χ1n) is 6.21. The highest BCUT2D eigenvalue weighted by molar-refractivity contribution is 5.78. The topological polar surface area (TPSA) is 26.3 Å². The van der Waals surface area contributed by atoms with E-state index in [4.69, 9.17) is 4.74 Å². The van der Waals surface area contributed by atoms with E-state index in [1.165, 1.54) is 12.8 Å². The minimum absolute atomic E-state index is 0.0706. The normalized spacial score (nSPS) is 27.3. The zero-order valence-corrected chi connectivity index (χ0v) is 10.00. The molecule has 0 aromatic heterocycles. The van der Waals surface area contributed by atoms with Crippen molar-refractivity contribution in [1.29, 1.82) is 0 Å². The van der Waals surface area contributed by atoms with Gasteiger partial charge in [0.1, 0.15) is 0 Å². The Hall–Kier alpha value is -1.05. The van der Waals surface area contributed by atoms with Gasteiger partial charge < -0.3 is 4.74 Å². The maximum absolute atomic E-state index is 12.1. The highest BCUT2D eigenvalue weighted by atomic mass is 16.5. The van der Waals surface area contributed by atoms with E-state index in [2.05, 4.69) is 12.7 Å². The maximum atomic E-state index is 12.1. The van der Waals surface area contributed by atoms with Crippen molar-refractivity contribution >= 4 is 5.97 Å². The molecular formula is C14H20O2. The fraction of sp³-hybridized carbons (Fsp3) is 0.643. The summed E-state index contributed by atoms with van der Waals surface area (Å²) < 4.78 is 5.20. The third-order valence-electron chi connectivity index (χ3n) is 3.96. The molecule has 16 heavy (non-hydrogen) atoms. The van der Waals surface area contributed by atoms with E-state index in [1.807, 2.05) is 13.0 Å². The summed E-state index contributed by atoms with van der Waals surface area (Å²) in [5.41, 5.74) is 1.06. The fourth-order valence-corrected chi connectivity index (χ4v) is 3.25. The van der Waals surface area contributed by atoms with Crippen LogP contribution in [0.3, 0.4) is 0 Å². The van der Waals surface area contributed by atoms with Crippen LogP contribution in [0.4, 0.5) is 0 Å². The number of carbonyl (C=O) groups is 1. The van der Waals surface area contributed by atoms with Crippen molar-refractivity contribution in [3.05, 3.63) is 24.3 Å². The van der Waals surface area contributed by atoms with Crippen LogP contribution in [0, 0.1) is 11.3 Å². The van der Waals surface area contributed by atoms with Crippen molar-refractivity contribution in [3.63, 3.8) is 0 Å². The molecule has 0 aromatic rings. The standard InChI is InChI=1S/C14H20O2/c1-3-16-13(15)12-11(2)7-6-10-14(12)8-4-5-9-14/h6-7,12H,2-5,8-10H2,1H3. The molecule has 0 amide bonds. The van der Waals surface area contributed by atoms with Crippen LogP contribution in [0.25, 0.3) is 0 Å². The molecule has 1 fully saturated rings. The van der Waals surface area contributed by atoms with Crippen LogP contribution >= 0.6 is 0 Å². The Bertz CT molecular complexity index is 322. The van der Waals surface area contributed by atoms with Gasteiger partial charge >= 0.3 is 5.97 Å². The lowest BCUT2D eigenvalue weighted by atomic mass is 9.66. The highest BCUT2D eigenvalue weighted by Crippen LogP contribution is 2.52. The lowest BCUT2D eigenvalue weighted by Gasteiger charge is -2.38. The molecule has 88 valence electrons. The summed E-state index contributed by atoms with van der Waals surface area (Å²) in [5.74, 6) is -0.168. The molecule has 1 unspecified atom stereocenters. The number of ether oxygens (including phenoxy) is 1. The van der Waals surface area contributed by atoms with Crippen molar-refractivity contribution in [3.8, 4) is 0 Å². The van der Waals surface area contributed by atoms with E-state index in [0.29, 0.717) is 6.61 Å². The van der Waals surface area contributed by atoms with Gasteiger partial charge in [0.25, 0.3) is 0 Å². The second kappa shape index (κ2) is 4.44. The van der Waals surface area contributed by atoms with Crippen molar-refractivity contribution in [2.45, 2.75) is 39.0 Å². The predicted octanol–water partition coefficient (Wildman–Crippen LogP) is 3.24. The van der Waals surface area contributed by atoms with Gasteiger partial charge in [-0.25, -0.2) is 0 Å². The minimum Gasteiger partial charge on any atom is -0.466 e. The Balaban J connectivity index is 2.25. The molecule has 2 nitrogen and oxygen atoms in total. The van der Waals surface area contributed by atoms with Gasteiger partial charge in [0, 0.05) is 0 Å². The molecule has 2 aliphatic carbocycles. The minimum atomic E-state index is -0.0973. The predicted molar refractivity (Wildman–Crippen MR) is 63.9 cm³/mol. The van der Waals surface area contributed by atoms with Crippen LogP contribution in [0.15, 0.2) is 24.3 Å². The molecule has 2 rings (SSSR count). The Labute approximate surface area is 97.4 Å². The second-order valence-electron chi connectivity index (χ2n) is 4.94. The van der Waals surface area contributed by atoms with Crippen LogP contribution in [0.2, 0.25) is 0 Å². The molecule has 1 spiro atoms. The maximum Gasteiger partial charge on any atom is 0.313 e. The number of carbonyl (C=O) groups excluding carboxylic acids is 1. The van der Waals surface area contributed by atoms with Gasteiger partial charge in [-0.05, 0) is 37.2 Å². The summed E-state index contributed by atoms with van der Waals surface area (Å²) in [6.07, 6.45) is 9.91. The summed E-state index contributed by atoms with van der Waals surface area (Å²) >= 11 is 0. The quantitative estimate of drug-likeness (QED) is 0.668. The second-order valence-corrected chi connectivity index (χ2v) is 4.94. The Morgan fingerprint density at radius 3 is 2.88 bits per heavy atom. The van der Waals surface area contributed by atoms with Gasteiger partial charge in [-0.3, -0.25) is 4.79 Å². The third kappa shape index (κ3) is 1.81. The van der Waals surface area contributed by atoms with Gasteiger partial charge in [0.2, 0.25) is 0 Å². The Morgan fingerprint density at radius 1 is 1.56 bits per heavy atom. The summed E-state index contributed by atoms with van der Waals surface area (Å²) in [4.78, 5) is 12.1. The van der Waals surface area contributed by atoms with Crippen molar-refractivity contribution in [2.24, 2.45) is 11.3 Å². The Morgan fingerprint density at radius 2 is 2.25 bits per heavy atom. The number of esters is 1. The summed E-state index contributed by atoms with van der Waals surface area (Å²) in [6.45, 7) is 6.35. The van der Waals surface area contributed by atoms with Gasteiger partial charge in [0.15, 0.2) is 0 Å². The van der Waals surface area contributed by atoms with Crippen LogP contribution < -0.4 is 0 Å². The van der Waals surface area contributed by atoms with Gasteiger partial charge in [-0.1, -0.05) is 31.6 Å². The summed E-state index contributed by atoms with van der Waals surface area (Å²) in [7, 11) is 0. The molecule has 0 bridgehead atoms. The van der Waals surface area contributed by atoms with Crippen LogP contribution in [0.1, 0.15) is 39.0 Å². The number of rotatable bonds is 2. The van der Waals surface area contributed by atoms with Gasteiger partial charge in [-0.2, -0.15) is 0 Å². The molecule has 0 heterocycles. The Kier molecular flexibility index (Phi) is 3.17. The average molecular weight is 220 g/mol. The first-order valence-corrected chi connectivity index (χ1v) is 6.21. The lowest BCUT2D eigenvalue weighted by Crippen LogP contribution is -2.37. The smallest absolute Gasteiger partial charge is 0.313 e. The molecule has 0 N–H and O–H groups in total. The first-order chi connectivity index (χ1) is 7.69. The molecule has 1 atom stereocenters. The zero-order valence-electron chi connectivity index (χ0n) is 10.00. The molecule has 0 radical (unpaired) electrons. The van der Waals surface area contributed by atoms with Crippen LogP contribution in [-0.2, 0) is 9.53 Å². The first kappa shape index (κ1) is 11.4. The van der Waals surface area contributed by atoms with E-state index < -0.39 is 0 Å². The molecule has 0 saturated heterocycles. The summed E-state index contributed by atoms with van der Waals surface area (Å²) in [6, 6.07) is 0. The van der Waals surface area contributed by atoms with Crippen molar-refractivity contribution in [1.82, 2.24) is 0 Å². The monoisotopic (exact) mass is 220 g/mol. The third-order valence-corrected chi connectivity index (χ3v) is 3.96. The molecule has 0 aromatic carbocycles. The molecule has 2 aliphatic rings. The fourth-order valence-electron chi connectivity index (χ4n) is 3.25. The van der Waals surface area contributed by atoms with E-state index in [9.17, 15) is 4.79 Å². The van der Waals surface area contributed by atoms with E-state index in [0.717, 1.165) is 24.8 Å². The molecule has 2 heteroatoms. The van der Waals surface area contributed by atoms with Crippen molar-refractivity contribution in [2.75, 3.05) is 6.61 Å². The average Bonchev–Trinajstić information content (AvgIpc) is 2.67. The zero-order chi connectivity index (χ0) is 11.6. The number of allylic oxidation sites excluding steroid dienone is 2. The SMILES string of the molecule is C=C1C=CCC2(CCCC2)C1C(=O)OCC. The highest BCUT2D eigenvalue weighted by Gasteiger charge is 2.47. The van der Waals surface area contributed by atoms with Gasteiger partial charge in [0.05, 0.1) is 12.5 Å². The molecule has 1 saturated carbocycles. The van der Waals surface area contributed by atoms with E-state index in [1.54, 1.807) is 0 Å². The van der Waals surface area contributed by atoms with Crippen molar-refractivity contribution < 1.29 is 9.53 Å². The molecule has 0 aliphatic heterocycles. The van der Waals surface area contributed by atoms with Crippen LogP contribution in [-0.4, -0.2) is 12.6 Å². The van der Waals surface area contributed by atoms with Crippen LogP contribution in [0.5, 0.6) is 0 Å². The van der Waals surface area contributed by atoms with Gasteiger partial charge in [-0.15, -0.1) is 0 Å². The summed E-state index contributed by atoms with van der Waals surface area (Å²) in [5, 5.41) is 0. The molecular weight excluding hydrogens is 200 g/mol. The number of hydrogen-bond donors (Lipinski definition) is 0. The van der Waals surface area contributed by atoms with E-state index >= 15 is 0 Å². The largest absolute Gasteiger partial charge is 0.466 e. The van der Waals surface area contributed by atoms with E-state index in [-0.39, 0.29) is 17.3 Å². The lowest BCUT2D eigenvalue weighted by molar-refractivity contribution is -0.151. The number of hydrogen-bond acceptors (Lipinski definition) is 2.